The molecule has 8 heteroatoms. The van der Waals surface area contributed by atoms with Gasteiger partial charge in [0, 0.05) is 39.1 Å². The second-order valence-corrected chi connectivity index (χ2v) is 13.0. The number of carbonyl (C=O) groups excluding carboxylic acids is 3. The lowest BCUT2D eigenvalue weighted by Gasteiger charge is -2.40. The summed E-state index contributed by atoms with van der Waals surface area (Å²) in [5.41, 5.74) is 7.03. The summed E-state index contributed by atoms with van der Waals surface area (Å²) >= 11 is 0. The minimum absolute atomic E-state index is 0.00120. The molecule has 0 aliphatic carbocycles. The zero-order chi connectivity index (χ0) is 31.7. The smallest absolute Gasteiger partial charge is 0.239 e. The fourth-order valence-corrected chi connectivity index (χ4v) is 6.41. The van der Waals surface area contributed by atoms with E-state index in [4.69, 9.17) is 10.5 Å². The van der Waals surface area contributed by atoms with E-state index in [-0.39, 0.29) is 72.1 Å². The van der Waals surface area contributed by atoms with E-state index < -0.39 is 18.2 Å². The van der Waals surface area contributed by atoms with Crippen LogP contribution in [0, 0.1) is 29.6 Å². The molecule has 9 atom stereocenters. The molecule has 3 N–H and O–H groups in total. The predicted molar refractivity (Wildman–Crippen MR) is 167 cm³/mol. The van der Waals surface area contributed by atoms with Crippen LogP contribution in [0.1, 0.15) is 92.2 Å². The number of nitrogens with two attached hydrogens (primary N) is 1. The van der Waals surface area contributed by atoms with Crippen LogP contribution in [0.4, 0.5) is 0 Å². The van der Waals surface area contributed by atoms with E-state index >= 15 is 0 Å². The van der Waals surface area contributed by atoms with Crippen LogP contribution in [-0.2, 0) is 19.1 Å². The molecule has 0 spiro atoms. The minimum Gasteiger partial charge on any atom is -0.388 e. The minimum atomic E-state index is -0.702. The number of methoxy groups -OCH3 is 1. The lowest BCUT2D eigenvalue weighted by atomic mass is 9.81. The highest BCUT2D eigenvalue weighted by atomic mass is 16.5. The summed E-state index contributed by atoms with van der Waals surface area (Å²) in [6.45, 7) is 14.6. The number of likely N-dealkylation sites (tertiary alicyclic amines) is 1. The van der Waals surface area contributed by atoms with Gasteiger partial charge in [0.2, 0.25) is 11.8 Å². The summed E-state index contributed by atoms with van der Waals surface area (Å²) in [5, 5.41) is 10.8. The standard InChI is InChI=1S/C34H57N3O5/c1-10-22(4)32(36(8)34(41)31(35)21(2)3)29(42-9)20-30(39)37-18-14-17-27(37)24(6)25(7)28(38)19-23(5)33(40)26-15-12-11-13-16-26/h11-13,15-16,21-25,27,29,31-33,40H,10,14,17-20,35H2,1-9H3/t22-,23-,24+,25+,27-,29+,31-,32-,33+/m0/s1. The van der Waals surface area contributed by atoms with E-state index in [0.29, 0.717) is 6.54 Å². The zero-order valence-corrected chi connectivity index (χ0v) is 27.5. The Bertz CT molecular complexity index is 1000. The molecule has 0 saturated carbocycles. The van der Waals surface area contributed by atoms with Crippen LogP contribution in [-0.4, -0.2) is 77.4 Å². The Labute approximate surface area is 254 Å². The number of nitrogens with zero attached hydrogens (tertiary/aromatic N) is 2. The van der Waals surface area contributed by atoms with Crippen LogP contribution in [0.5, 0.6) is 0 Å². The highest BCUT2D eigenvalue weighted by Gasteiger charge is 2.41. The zero-order valence-electron chi connectivity index (χ0n) is 27.5. The summed E-state index contributed by atoms with van der Waals surface area (Å²) in [6.07, 6.45) is 1.83. The van der Waals surface area contributed by atoms with Gasteiger partial charge in [0.05, 0.1) is 30.7 Å². The molecule has 42 heavy (non-hydrogen) atoms. The van der Waals surface area contributed by atoms with E-state index in [1.165, 1.54) is 0 Å². The maximum absolute atomic E-state index is 13.8. The molecular formula is C34H57N3O5. The van der Waals surface area contributed by atoms with Gasteiger partial charge in [0.15, 0.2) is 0 Å². The topological polar surface area (TPSA) is 113 Å². The lowest BCUT2D eigenvalue weighted by Crippen LogP contribution is -2.56. The molecule has 2 rings (SSSR count). The summed E-state index contributed by atoms with van der Waals surface area (Å²) < 4.78 is 5.90. The molecule has 0 aromatic heterocycles. The van der Waals surface area contributed by atoms with Crippen molar-refractivity contribution in [2.45, 2.75) is 111 Å². The maximum Gasteiger partial charge on any atom is 0.239 e. The summed E-state index contributed by atoms with van der Waals surface area (Å²) in [4.78, 5) is 43.9. The third-order valence-corrected chi connectivity index (χ3v) is 9.81. The van der Waals surface area contributed by atoms with Crippen molar-refractivity contribution in [1.82, 2.24) is 9.80 Å². The quantitative estimate of drug-likeness (QED) is 0.286. The van der Waals surface area contributed by atoms with Gasteiger partial charge in [-0.3, -0.25) is 14.4 Å². The molecule has 0 radical (unpaired) electrons. The molecule has 0 bridgehead atoms. The summed E-state index contributed by atoms with van der Waals surface area (Å²) in [6, 6.07) is 8.49. The Hall–Kier alpha value is -2.29. The van der Waals surface area contributed by atoms with Crippen LogP contribution >= 0.6 is 0 Å². The van der Waals surface area contributed by atoms with Crippen molar-refractivity contribution in [3.05, 3.63) is 35.9 Å². The fraction of sp³-hybridized carbons (Fsp3) is 0.735. The van der Waals surface area contributed by atoms with E-state index in [2.05, 4.69) is 20.8 Å². The largest absolute Gasteiger partial charge is 0.388 e. The van der Waals surface area contributed by atoms with Gasteiger partial charge in [-0.15, -0.1) is 0 Å². The van der Waals surface area contributed by atoms with Gasteiger partial charge < -0.3 is 25.4 Å². The Morgan fingerprint density at radius 1 is 1.05 bits per heavy atom. The third kappa shape index (κ3) is 8.87. The van der Waals surface area contributed by atoms with E-state index in [1.807, 2.05) is 62.9 Å². The van der Waals surface area contributed by atoms with Crippen molar-refractivity contribution in [2.24, 2.45) is 35.3 Å². The van der Waals surface area contributed by atoms with Gasteiger partial charge in [-0.2, -0.15) is 0 Å². The van der Waals surface area contributed by atoms with Crippen molar-refractivity contribution < 1.29 is 24.2 Å². The molecule has 1 aromatic rings. The second-order valence-electron chi connectivity index (χ2n) is 13.0. The Kier molecular flexibility index (Phi) is 14.1. The first-order valence-corrected chi connectivity index (χ1v) is 15.9. The van der Waals surface area contributed by atoms with Crippen molar-refractivity contribution >= 4 is 17.6 Å². The number of benzene rings is 1. The number of hydrogen-bond donors (Lipinski definition) is 2. The first-order valence-electron chi connectivity index (χ1n) is 15.9. The highest BCUT2D eigenvalue weighted by molar-refractivity contribution is 5.83. The SMILES string of the molecule is CC[C@H](C)[C@@H]([C@@H](CC(=O)N1CCC[C@H]1[C@H](C)[C@@H](C)C(=O)C[C@H](C)[C@@H](O)c1ccccc1)OC)N(C)C(=O)[C@@H](N)C(C)C. The Balaban J connectivity index is 2.12. The molecule has 1 saturated heterocycles. The number of ketones is 1. The molecule has 238 valence electrons. The monoisotopic (exact) mass is 587 g/mol. The van der Waals surface area contributed by atoms with Crippen molar-refractivity contribution in [3.63, 3.8) is 0 Å². The average molecular weight is 588 g/mol. The van der Waals surface area contributed by atoms with Gasteiger partial charge in [-0.25, -0.2) is 0 Å². The van der Waals surface area contributed by atoms with Crippen molar-refractivity contribution in [2.75, 3.05) is 20.7 Å². The number of carbonyl (C=O) groups is 3. The first-order chi connectivity index (χ1) is 19.8. The molecule has 1 aliphatic heterocycles. The molecule has 1 aliphatic rings. The van der Waals surface area contributed by atoms with E-state index in [9.17, 15) is 19.5 Å². The molecule has 1 heterocycles. The predicted octanol–water partition coefficient (Wildman–Crippen LogP) is 4.84. The summed E-state index contributed by atoms with van der Waals surface area (Å²) in [7, 11) is 3.37. The number of rotatable bonds is 16. The highest BCUT2D eigenvalue weighted by Crippen LogP contribution is 2.33. The maximum atomic E-state index is 13.8. The number of aliphatic hydroxyl groups is 1. The van der Waals surface area contributed by atoms with Crippen molar-refractivity contribution in [1.29, 1.82) is 0 Å². The van der Waals surface area contributed by atoms with E-state index in [0.717, 1.165) is 24.8 Å². The molecule has 0 unspecified atom stereocenters. The number of likely N-dealkylation sites (N-methyl/N-ethyl adjacent to an activating group) is 1. The second kappa shape index (κ2) is 16.5. The van der Waals surface area contributed by atoms with E-state index in [1.54, 1.807) is 19.1 Å². The molecule has 8 nitrogen and oxygen atoms in total. The third-order valence-electron chi connectivity index (χ3n) is 9.81. The number of hydrogen-bond acceptors (Lipinski definition) is 6. The van der Waals surface area contributed by atoms with Gasteiger partial charge in [-0.05, 0) is 42.1 Å². The van der Waals surface area contributed by atoms with Gasteiger partial charge >= 0.3 is 0 Å². The fourth-order valence-electron chi connectivity index (χ4n) is 6.41. The number of ether oxygens (including phenoxy) is 1. The Morgan fingerprint density at radius 3 is 2.21 bits per heavy atom. The normalized spacial score (nSPS) is 21.2. The lowest BCUT2D eigenvalue weighted by molar-refractivity contribution is -0.144. The first kappa shape index (κ1) is 35.9. The van der Waals surface area contributed by atoms with Crippen molar-refractivity contribution in [3.8, 4) is 0 Å². The molecule has 2 amide bonds. The number of Topliss-reactive ketones (excluding diaryl/α,β-unsaturated/α-hetero) is 1. The van der Waals surface area contributed by atoms with Gasteiger partial charge in [0.25, 0.3) is 0 Å². The summed E-state index contributed by atoms with van der Waals surface area (Å²) in [5.74, 6) is -0.415. The molecule has 1 aromatic carbocycles. The van der Waals surface area contributed by atoms with Crippen LogP contribution in [0.15, 0.2) is 30.3 Å². The van der Waals surface area contributed by atoms with Crippen LogP contribution in [0.25, 0.3) is 0 Å². The van der Waals surface area contributed by atoms with Crippen LogP contribution in [0.2, 0.25) is 0 Å². The molecular weight excluding hydrogens is 530 g/mol. The Morgan fingerprint density at radius 2 is 1.67 bits per heavy atom. The average Bonchev–Trinajstić information content (AvgIpc) is 3.48. The number of aliphatic hydroxyl groups excluding tert-OH is 1. The number of amides is 2. The van der Waals surface area contributed by atoms with Crippen LogP contribution < -0.4 is 5.73 Å². The van der Waals surface area contributed by atoms with Gasteiger partial charge in [0.1, 0.15) is 5.78 Å². The van der Waals surface area contributed by atoms with Gasteiger partial charge in [-0.1, -0.05) is 85.2 Å². The molecule has 1 fully saturated rings. The van der Waals surface area contributed by atoms with Crippen LogP contribution in [0.3, 0.4) is 0 Å².